The van der Waals surface area contributed by atoms with Crippen molar-refractivity contribution in [3.05, 3.63) is 29.6 Å². The molecule has 0 atom stereocenters. The quantitative estimate of drug-likeness (QED) is 0.847. The zero-order valence-electron chi connectivity index (χ0n) is 12.8. The number of nitriles is 1. The Labute approximate surface area is 126 Å². The summed E-state index contributed by atoms with van der Waals surface area (Å²) in [7, 11) is 2.22. The molecule has 110 valence electrons. The largest absolute Gasteiger partial charge is 0.328 e. The zero-order chi connectivity index (χ0) is 14.8. The van der Waals surface area contributed by atoms with Crippen LogP contribution in [0.4, 0.5) is 0 Å². The van der Waals surface area contributed by atoms with Crippen LogP contribution >= 0.6 is 0 Å². The maximum atomic E-state index is 9.01. The molecule has 1 heterocycles. The van der Waals surface area contributed by atoms with Crippen molar-refractivity contribution in [2.24, 2.45) is 0 Å². The highest BCUT2D eigenvalue weighted by Gasteiger charge is 2.22. The third-order valence-corrected chi connectivity index (χ3v) is 4.66. The molecule has 0 radical (unpaired) electrons. The molecule has 4 nitrogen and oxygen atoms in total. The number of rotatable bonds is 5. The number of aromatic nitrogens is 2. The van der Waals surface area contributed by atoms with E-state index in [4.69, 9.17) is 10.2 Å². The van der Waals surface area contributed by atoms with Gasteiger partial charge >= 0.3 is 0 Å². The summed E-state index contributed by atoms with van der Waals surface area (Å²) in [5.74, 6) is 1.13. The summed E-state index contributed by atoms with van der Waals surface area (Å²) in [6.07, 6.45) is 5.02. The highest BCUT2D eigenvalue weighted by atomic mass is 15.1. The van der Waals surface area contributed by atoms with Crippen LogP contribution < -0.4 is 0 Å². The first-order chi connectivity index (χ1) is 10.2. The minimum Gasteiger partial charge on any atom is -0.328 e. The Morgan fingerprint density at radius 1 is 1.43 bits per heavy atom. The molecular formula is C17H22N4. The van der Waals surface area contributed by atoms with Crippen LogP contribution in [-0.2, 0) is 13.0 Å². The third kappa shape index (κ3) is 2.66. The Bertz CT molecular complexity index is 676. The van der Waals surface area contributed by atoms with E-state index in [2.05, 4.69) is 29.5 Å². The molecule has 3 rings (SSSR count). The highest BCUT2D eigenvalue weighted by molar-refractivity contribution is 5.77. The Hall–Kier alpha value is -1.86. The molecule has 1 aliphatic carbocycles. The van der Waals surface area contributed by atoms with Gasteiger partial charge in [-0.2, -0.15) is 5.26 Å². The number of hydrogen-bond acceptors (Lipinski definition) is 3. The molecule has 21 heavy (non-hydrogen) atoms. The second-order valence-electron chi connectivity index (χ2n) is 5.90. The van der Waals surface area contributed by atoms with Crippen LogP contribution in [0.25, 0.3) is 11.0 Å². The van der Waals surface area contributed by atoms with Gasteiger partial charge in [0.2, 0.25) is 0 Å². The molecule has 1 aromatic carbocycles. The van der Waals surface area contributed by atoms with E-state index in [0.717, 1.165) is 42.4 Å². The smallest absolute Gasteiger partial charge is 0.111 e. The lowest BCUT2D eigenvalue weighted by atomic mass is 9.92. The number of nitrogens with zero attached hydrogens (tertiary/aromatic N) is 4. The van der Waals surface area contributed by atoms with Crippen LogP contribution in [-0.4, -0.2) is 34.1 Å². The van der Waals surface area contributed by atoms with Gasteiger partial charge in [0.05, 0.1) is 22.7 Å². The van der Waals surface area contributed by atoms with Crippen LogP contribution in [0.1, 0.15) is 37.6 Å². The maximum absolute atomic E-state index is 9.01. The van der Waals surface area contributed by atoms with Crippen LogP contribution in [0.2, 0.25) is 0 Å². The fraction of sp³-hybridized carbons (Fsp3) is 0.529. The van der Waals surface area contributed by atoms with Crippen LogP contribution in [0, 0.1) is 11.3 Å². The number of hydrogen-bond donors (Lipinski definition) is 0. The van der Waals surface area contributed by atoms with Gasteiger partial charge in [-0.25, -0.2) is 4.98 Å². The molecule has 0 spiro atoms. The summed E-state index contributed by atoms with van der Waals surface area (Å²) < 4.78 is 2.27. The molecule has 0 N–H and O–H groups in total. The molecule has 2 aromatic rings. The predicted molar refractivity (Wildman–Crippen MR) is 84.1 cm³/mol. The van der Waals surface area contributed by atoms with Crippen molar-refractivity contribution in [3.8, 4) is 6.07 Å². The third-order valence-electron chi connectivity index (χ3n) is 4.66. The Kier molecular flexibility index (Phi) is 3.94. The molecule has 1 fully saturated rings. The van der Waals surface area contributed by atoms with E-state index in [0.29, 0.717) is 5.56 Å². The summed E-state index contributed by atoms with van der Waals surface area (Å²) >= 11 is 0. The standard InChI is InChI=1S/C17H22N4/c1-3-21-16-8-7-13(12-18)11-15(16)19-17(21)9-10-20(2)14-5-4-6-14/h7-8,11,14H,3-6,9-10H2,1-2H3. The van der Waals surface area contributed by atoms with E-state index < -0.39 is 0 Å². The van der Waals surface area contributed by atoms with E-state index in [-0.39, 0.29) is 0 Å². The van der Waals surface area contributed by atoms with Gasteiger partial charge in [0.1, 0.15) is 5.82 Å². The van der Waals surface area contributed by atoms with Crippen molar-refractivity contribution < 1.29 is 0 Å². The SMILES string of the molecule is CCn1c(CCN(C)C2CCC2)nc2cc(C#N)ccc21. The van der Waals surface area contributed by atoms with E-state index in [1.807, 2.05) is 18.2 Å². The van der Waals surface area contributed by atoms with Crippen molar-refractivity contribution in [1.29, 1.82) is 5.26 Å². The van der Waals surface area contributed by atoms with Crippen molar-refractivity contribution in [3.63, 3.8) is 0 Å². The average Bonchev–Trinajstić information content (AvgIpc) is 2.79. The normalized spacial score (nSPS) is 15.3. The second kappa shape index (κ2) is 5.87. The van der Waals surface area contributed by atoms with Crippen LogP contribution in [0.15, 0.2) is 18.2 Å². The Balaban J connectivity index is 1.82. The van der Waals surface area contributed by atoms with Gasteiger partial charge < -0.3 is 9.47 Å². The van der Waals surface area contributed by atoms with Crippen molar-refractivity contribution >= 4 is 11.0 Å². The van der Waals surface area contributed by atoms with Crippen LogP contribution in [0.3, 0.4) is 0 Å². The molecule has 1 saturated carbocycles. The lowest BCUT2D eigenvalue weighted by Gasteiger charge is -2.34. The second-order valence-corrected chi connectivity index (χ2v) is 5.90. The maximum Gasteiger partial charge on any atom is 0.111 e. The van der Waals surface area contributed by atoms with E-state index in [1.165, 1.54) is 19.3 Å². The van der Waals surface area contributed by atoms with E-state index in [9.17, 15) is 0 Å². The molecule has 1 aromatic heterocycles. The fourth-order valence-corrected chi connectivity index (χ4v) is 3.08. The molecule has 0 unspecified atom stereocenters. The lowest BCUT2D eigenvalue weighted by molar-refractivity contribution is 0.160. The number of aryl methyl sites for hydroxylation is 1. The Morgan fingerprint density at radius 2 is 2.24 bits per heavy atom. The predicted octanol–water partition coefficient (Wildman–Crippen LogP) is 2.95. The van der Waals surface area contributed by atoms with Gasteiger partial charge in [-0.3, -0.25) is 0 Å². The van der Waals surface area contributed by atoms with Crippen molar-refractivity contribution in [1.82, 2.24) is 14.5 Å². The minimum atomic E-state index is 0.682. The molecule has 0 bridgehead atoms. The molecular weight excluding hydrogens is 260 g/mol. The monoisotopic (exact) mass is 282 g/mol. The minimum absolute atomic E-state index is 0.682. The first-order valence-electron chi connectivity index (χ1n) is 7.82. The van der Waals surface area contributed by atoms with Gasteiger partial charge in [-0.1, -0.05) is 6.42 Å². The summed E-state index contributed by atoms with van der Waals surface area (Å²) in [4.78, 5) is 7.21. The Morgan fingerprint density at radius 3 is 2.86 bits per heavy atom. The summed E-state index contributed by atoms with van der Waals surface area (Å²) in [6, 6.07) is 8.74. The topological polar surface area (TPSA) is 44.9 Å². The van der Waals surface area contributed by atoms with E-state index in [1.54, 1.807) is 0 Å². The molecule has 0 amide bonds. The molecule has 0 aliphatic heterocycles. The first-order valence-corrected chi connectivity index (χ1v) is 7.82. The summed E-state index contributed by atoms with van der Waals surface area (Å²) in [5.41, 5.74) is 2.76. The summed E-state index contributed by atoms with van der Waals surface area (Å²) in [5, 5.41) is 9.01. The number of fused-ring (bicyclic) bond motifs is 1. The molecule has 1 aliphatic rings. The molecule has 4 heteroatoms. The zero-order valence-corrected chi connectivity index (χ0v) is 12.8. The number of imidazole rings is 1. The van der Waals surface area contributed by atoms with Gasteiger partial charge in [-0.05, 0) is 45.0 Å². The number of likely N-dealkylation sites (N-methyl/N-ethyl adjacent to an activating group) is 1. The summed E-state index contributed by atoms with van der Waals surface area (Å²) in [6.45, 7) is 4.13. The first kappa shape index (κ1) is 14.1. The van der Waals surface area contributed by atoms with Gasteiger partial charge in [0.25, 0.3) is 0 Å². The van der Waals surface area contributed by atoms with Crippen molar-refractivity contribution in [2.75, 3.05) is 13.6 Å². The highest BCUT2D eigenvalue weighted by Crippen LogP contribution is 2.24. The van der Waals surface area contributed by atoms with Crippen LogP contribution in [0.5, 0.6) is 0 Å². The number of benzene rings is 1. The fourth-order valence-electron chi connectivity index (χ4n) is 3.08. The lowest BCUT2D eigenvalue weighted by Crippen LogP contribution is -2.38. The van der Waals surface area contributed by atoms with Crippen molar-refractivity contribution in [2.45, 2.75) is 45.2 Å². The van der Waals surface area contributed by atoms with Gasteiger partial charge in [-0.15, -0.1) is 0 Å². The molecule has 0 saturated heterocycles. The van der Waals surface area contributed by atoms with Gasteiger partial charge in [0.15, 0.2) is 0 Å². The average molecular weight is 282 g/mol. The van der Waals surface area contributed by atoms with E-state index >= 15 is 0 Å². The van der Waals surface area contributed by atoms with Gasteiger partial charge in [0, 0.05) is 25.6 Å².